The van der Waals surface area contributed by atoms with Crippen LogP contribution in [0.3, 0.4) is 0 Å². The molecular formula is C18H25N5O. The minimum absolute atomic E-state index is 0.0166. The Labute approximate surface area is 142 Å². The van der Waals surface area contributed by atoms with Crippen molar-refractivity contribution in [3.05, 3.63) is 47.5 Å². The number of carbonyl (C=O) groups is 1. The number of nitrogens with one attached hydrogen (secondary N) is 1. The van der Waals surface area contributed by atoms with Crippen molar-refractivity contribution in [1.29, 1.82) is 0 Å². The summed E-state index contributed by atoms with van der Waals surface area (Å²) in [4.78, 5) is 19.0. The summed E-state index contributed by atoms with van der Waals surface area (Å²) >= 11 is 0. The van der Waals surface area contributed by atoms with Gasteiger partial charge in [0.05, 0.1) is 6.54 Å². The molecule has 0 spiro atoms. The van der Waals surface area contributed by atoms with E-state index in [0.29, 0.717) is 5.92 Å². The topological polar surface area (TPSA) is 63.1 Å². The minimum Gasteiger partial charge on any atom is -0.352 e. The summed E-state index contributed by atoms with van der Waals surface area (Å²) in [6, 6.07) is 7.71. The molecule has 0 saturated carbocycles. The summed E-state index contributed by atoms with van der Waals surface area (Å²) in [6.45, 7) is 8.51. The van der Waals surface area contributed by atoms with Crippen molar-refractivity contribution in [2.45, 2.75) is 33.4 Å². The molecule has 0 bridgehead atoms. The van der Waals surface area contributed by atoms with Gasteiger partial charge in [-0.25, -0.2) is 9.67 Å². The Balaban J connectivity index is 1.47. The van der Waals surface area contributed by atoms with Crippen LogP contribution in [0.5, 0.6) is 0 Å². The van der Waals surface area contributed by atoms with Gasteiger partial charge in [-0.1, -0.05) is 17.7 Å². The van der Waals surface area contributed by atoms with Crippen LogP contribution in [0.1, 0.15) is 35.1 Å². The van der Waals surface area contributed by atoms with Gasteiger partial charge in [0.2, 0.25) is 0 Å². The zero-order valence-corrected chi connectivity index (χ0v) is 14.4. The van der Waals surface area contributed by atoms with E-state index in [0.717, 1.165) is 56.1 Å². The maximum atomic E-state index is 12.2. The van der Waals surface area contributed by atoms with Gasteiger partial charge in [0.15, 0.2) is 0 Å². The van der Waals surface area contributed by atoms with E-state index in [-0.39, 0.29) is 5.91 Å². The van der Waals surface area contributed by atoms with Crippen molar-refractivity contribution in [3.63, 3.8) is 0 Å². The van der Waals surface area contributed by atoms with Crippen LogP contribution in [0, 0.1) is 12.8 Å². The van der Waals surface area contributed by atoms with Crippen LogP contribution in [0.25, 0.3) is 0 Å². The lowest BCUT2D eigenvalue weighted by Gasteiger charge is -2.16. The minimum atomic E-state index is 0.0166. The van der Waals surface area contributed by atoms with Gasteiger partial charge in [-0.05, 0) is 44.9 Å². The Morgan fingerprint density at radius 1 is 1.42 bits per heavy atom. The Bertz CT molecular complexity index is 696. The molecule has 6 nitrogen and oxygen atoms in total. The van der Waals surface area contributed by atoms with Gasteiger partial charge in [0.25, 0.3) is 5.91 Å². The molecule has 1 amide bonds. The zero-order chi connectivity index (χ0) is 16.9. The summed E-state index contributed by atoms with van der Waals surface area (Å²) in [6.07, 6.45) is 2.73. The highest BCUT2D eigenvalue weighted by Gasteiger charge is 2.24. The number of rotatable bonds is 6. The van der Waals surface area contributed by atoms with E-state index in [2.05, 4.69) is 27.2 Å². The van der Waals surface area contributed by atoms with Gasteiger partial charge >= 0.3 is 0 Å². The average Bonchev–Trinajstić information content (AvgIpc) is 3.22. The van der Waals surface area contributed by atoms with E-state index >= 15 is 0 Å². The molecule has 3 rings (SSSR count). The third-order valence-electron chi connectivity index (χ3n) is 4.56. The SMILES string of the molecule is CCn1ncnc1CN1CC[C@H](CNC(=O)c2cccc(C)c2)C1. The number of amides is 1. The molecule has 1 N–H and O–H groups in total. The van der Waals surface area contributed by atoms with Crippen molar-refractivity contribution in [2.75, 3.05) is 19.6 Å². The van der Waals surface area contributed by atoms with Crippen molar-refractivity contribution >= 4 is 5.91 Å². The lowest BCUT2D eigenvalue weighted by Crippen LogP contribution is -2.31. The van der Waals surface area contributed by atoms with Crippen LogP contribution in [-0.4, -0.2) is 45.2 Å². The molecule has 2 heterocycles. The Morgan fingerprint density at radius 3 is 3.08 bits per heavy atom. The molecule has 1 aliphatic rings. The zero-order valence-electron chi connectivity index (χ0n) is 14.4. The van der Waals surface area contributed by atoms with Crippen LogP contribution in [0.2, 0.25) is 0 Å². The molecule has 1 atom stereocenters. The number of benzene rings is 1. The van der Waals surface area contributed by atoms with E-state index < -0.39 is 0 Å². The maximum absolute atomic E-state index is 12.2. The quantitative estimate of drug-likeness (QED) is 0.880. The van der Waals surface area contributed by atoms with Crippen LogP contribution in [0.15, 0.2) is 30.6 Å². The first-order chi connectivity index (χ1) is 11.7. The van der Waals surface area contributed by atoms with Crippen LogP contribution >= 0.6 is 0 Å². The molecule has 2 aromatic rings. The van der Waals surface area contributed by atoms with Gasteiger partial charge in [-0.2, -0.15) is 5.10 Å². The molecule has 6 heteroatoms. The largest absolute Gasteiger partial charge is 0.352 e. The fourth-order valence-corrected chi connectivity index (χ4v) is 3.22. The Hall–Kier alpha value is -2.21. The lowest BCUT2D eigenvalue weighted by atomic mass is 10.1. The number of aromatic nitrogens is 3. The first-order valence-corrected chi connectivity index (χ1v) is 8.59. The van der Waals surface area contributed by atoms with Crippen LogP contribution < -0.4 is 5.32 Å². The number of nitrogens with zero attached hydrogens (tertiary/aromatic N) is 4. The summed E-state index contributed by atoms with van der Waals surface area (Å²) in [5.41, 5.74) is 1.84. The molecule has 24 heavy (non-hydrogen) atoms. The second kappa shape index (κ2) is 7.57. The van der Waals surface area contributed by atoms with Crippen molar-refractivity contribution < 1.29 is 4.79 Å². The number of carbonyl (C=O) groups excluding carboxylic acids is 1. The molecule has 0 unspecified atom stereocenters. The third-order valence-corrected chi connectivity index (χ3v) is 4.56. The van der Waals surface area contributed by atoms with E-state index in [9.17, 15) is 4.79 Å². The molecule has 1 aromatic carbocycles. The van der Waals surface area contributed by atoms with Gasteiger partial charge < -0.3 is 5.32 Å². The molecule has 0 radical (unpaired) electrons. The number of likely N-dealkylation sites (tertiary alicyclic amines) is 1. The molecule has 1 aromatic heterocycles. The molecule has 1 saturated heterocycles. The summed E-state index contributed by atoms with van der Waals surface area (Å²) in [5, 5.41) is 7.29. The summed E-state index contributed by atoms with van der Waals surface area (Å²) < 4.78 is 1.94. The van der Waals surface area contributed by atoms with Crippen molar-refractivity contribution in [3.8, 4) is 0 Å². The predicted molar refractivity (Wildman–Crippen MR) is 92.6 cm³/mol. The summed E-state index contributed by atoms with van der Waals surface area (Å²) in [7, 11) is 0. The number of hydrogen-bond acceptors (Lipinski definition) is 4. The highest BCUT2D eigenvalue weighted by molar-refractivity contribution is 5.94. The predicted octanol–water partition coefficient (Wildman–Crippen LogP) is 1.86. The standard InChI is InChI=1S/C18H25N5O/c1-3-23-17(20-13-21-23)12-22-8-7-15(11-22)10-19-18(24)16-6-4-5-14(2)9-16/h4-6,9,13,15H,3,7-8,10-12H2,1-2H3,(H,19,24)/t15-/m1/s1. The van der Waals surface area contributed by atoms with Crippen molar-refractivity contribution in [1.82, 2.24) is 25.0 Å². The van der Waals surface area contributed by atoms with Gasteiger partial charge in [-0.15, -0.1) is 0 Å². The van der Waals surface area contributed by atoms with Crippen LogP contribution in [-0.2, 0) is 13.1 Å². The third kappa shape index (κ3) is 4.00. The van der Waals surface area contributed by atoms with E-state index in [4.69, 9.17) is 0 Å². The van der Waals surface area contributed by atoms with E-state index in [1.54, 1.807) is 6.33 Å². The normalized spacial score (nSPS) is 18.0. The highest BCUT2D eigenvalue weighted by atomic mass is 16.1. The first-order valence-electron chi connectivity index (χ1n) is 8.59. The van der Waals surface area contributed by atoms with Crippen molar-refractivity contribution in [2.24, 2.45) is 5.92 Å². The highest BCUT2D eigenvalue weighted by Crippen LogP contribution is 2.17. The Kier molecular flexibility index (Phi) is 5.25. The smallest absolute Gasteiger partial charge is 0.251 e. The van der Waals surface area contributed by atoms with Gasteiger partial charge in [0.1, 0.15) is 12.2 Å². The monoisotopic (exact) mass is 327 g/mol. The van der Waals surface area contributed by atoms with Gasteiger partial charge in [-0.3, -0.25) is 9.69 Å². The molecular weight excluding hydrogens is 302 g/mol. The van der Waals surface area contributed by atoms with Gasteiger partial charge in [0, 0.05) is 25.2 Å². The fourth-order valence-electron chi connectivity index (χ4n) is 3.22. The van der Waals surface area contributed by atoms with Crippen LogP contribution in [0.4, 0.5) is 0 Å². The van der Waals surface area contributed by atoms with E-state index in [1.807, 2.05) is 35.9 Å². The van der Waals surface area contributed by atoms with E-state index in [1.165, 1.54) is 0 Å². The average molecular weight is 327 g/mol. The second-order valence-corrected chi connectivity index (χ2v) is 6.46. The number of hydrogen-bond donors (Lipinski definition) is 1. The Morgan fingerprint density at radius 2 is 2.29 bits per heavy atom. The first kappa shape index (κ1) is 16.6. The second-order valence-electron chi connectivity index (χ2n) is 6.46. The molecule has 0 aliphatic carbocycles. The molecule has 1 aliphatic heterocycles. The molecule has 1 fully saturated rings. The number of aryl methyl sites for hydroxylation is 2. The maximum Gasteiger partial charge on any atom is 0.251 e. The fraction of sp³-hybridized carbons (Fsp3) is 0.500. The molecule has 128 valence electrons. The lowest BCUT2D eigenvalue weighted by molar-refractivity contribution is 0.0947. The summed E-state index contributed by atoms with van der Waals surface area (Å²) in [5.74, 6) is 1.53.